The molecular formula is C11H23N. The Balaban J connectivity index is 3.56. The van der Waals surface area contributed by atoms with Crippen LogP contribution in [0.1, 0.15) is 46.0 Å². The summed E-state index contributed by atoms with van der Waals surface area (Å²) >= 11 is 0. The first kappa shape index (κ1) is 11.7. The highest BCUT2D eigenvalue weighted by Crippen LogP contribution is 2.08. The van der Waals surface area contributed by atoms with E-state index >= 15 is 0 Å². The topological polar surface area (TPSA) is 12.0 Å². The molecule has 0 heterocycles. The van der Waals surface area contributed by atoms with E-state index in [9.17, 15) is 0 Å². The third kappa shape index (κ3) is 6.41. The average Bonchev–Trinajstić information content (AvgIpc) is 2.06. The lowest BCUT2D eigenvalue weighted by atomic mass is 10.1. The molecule has 0 fully saturated rings. The second-order valence-corrected chi connectivity index (χ2v) is 3.26. The van der Waals surface area contributed by atoms with Crippen LogP contribution < -0.4 is 5.32 Å². The quantitative estimate of drug-likeness (QED) is 0.456. The van der Waals surface area contributed by atoms with E-state index in [-0.39, 0.29) is 0 Å². The molecule has 0 unspecified atom stereocenters. The third-order valence-corrected chi connectivity index (χ3v) is 2.00. The largest absolute Gasteiger partial charge is 0.316 e. The average molecular weight is 169 g/mol. The van der Waals surface area contributed by atoms with Crippen LogP contribution in [0.4, 0.5) is 0 Å². The lowest BCUT2D eigenvalue weighted by Crippen LogP contribution is -2.10. The lowest BCUT2D eigenvalue weighted by molar-refractivity contribution is 0.691. The summed E-state index contributed by atoms with van der Waals surface area (Å²) in [6, 6.07) is 0. The summed E-state index contributed by atoms with van der Waals surface area (Å²) in [5.41, 5.74) is 1.58. The van der Waals surface area contributed by atoms with Gasteiger partial charge in [-0.2, -0.15) is 0 Å². The molecule has 0 aromatic carbocycles. The van der Waals surface area contributed by atoms with Crippen molar-refractivity contribution in [3.63, 3.8) is 0 Å². The lowest BCUT2D eigenvalue weighted by Gasteiger charge is -2.05. The number of likely N-dealkylation sites (N-methyl/N-ethyl adjacent to an activating group) is 1. The summed E-state index contributed by atoms with van der Waals surface area (Å²) in [4.78, 5) is 0. The number of allylic oxidation sites excluding steroid dienone is 1. The van der Waals surface area contributed by atoms with Crippen molar-refractivity contribution in [2.75, 3.05) is 13.6 Å². The van der Waals surface area contributed by atoms with Gasteiger partial charge in [-0.3, -0.25) is 0 Å². The summed E-state index contributed by atoms with van der Waals surface area (Å²) < 4.78 is 0. The molecule has 0 aromatic heterocycles. The van der Waals surface area contributed by atoms with Gasteiger partial charge in [0.25, 0.3) is 0 Å². The molecule has 0 saturated heterocycles. The van der Waals surface area contributed by atoms with E-state index in [4.69, 9.17) is 0 Å². The van der Waals surface area contributed by atoms with Gasteiger partial charge < -0.3 is 5.32 Å². The van der Waals surface area contributed by atoms with Crippen molar-refractivity contribution >= 4 is 0 Å². The van der Waals surface area contributed by atoms with Crippen LogP contribution in [0.2, 0.25) is 0 Å². The Morgan fingerprint density at radius 1 is 1.25 bits per heavy atom. The summed E-state index contributed by atoms with van der Waals surface area (Å²) in [5, 5.41) is 3.21. The monoisotopic (exact) mass is 169 g/mol. The van der Waals surface area contributed by atoms with Crippen molar-refractivity contribution in [1.82, 2.24) is 5.32 Å². The Morgan fingerprint density at radius 2 is 2.00 bits per heavy atom. The standard InChI is InChI=1S/C11H23N/c1-4-6-7-9-11(8-5-2)10-12-3/h8,12H,4-7,9-10H2,1-3H3/b11-8+. The van der Waals surface area contributed by atoms with Crippen molar-refractivity contribution in [1.29, 1.82) is 0 Å². The van der Waals surface area contributed by atoms with Gasteiger partial charge in [-0.1, -0.05) is 38.3 Å². The van der Waals surface area contributed by atoms with Crippen molar-refractivity contribution in [2.45, 2.75) is 46.0 Å². The Bertz CT molecular complexity index is 116. The number of unbranched alkanes of at least 4 members (excludes halogenated alkanes) is 2. The number of nitrogens with one attached hydrogen (secondary N) is 1. The zero-order valence-electron chi connectivity index (χ0n) is 8.82. The molecule has 0 atom stereocenters. The van der Waals surface area contributed by atoms with Gasteiger partial charge >= 0.3 is 0 Å². The molecule has 0 aromatic rings. The Morgan fingerprint density at radius 3 is 2.50 bits per heavy atom. The minimum Gasteiger partial charge on any atom is -0.316 e. The van der Waals surface area contributed by atoms with Crippen LogP contribution in [-0.4, -0.2) is 13.6 Å². The van der Waals surface area contributed by atoms with Gasteiger partial charge in [0, 0.05) is 6.54 Å². The maximum atomic E-state index is 3.21. The van der Waals surface area contributed by atoms with Crippen LogP contribution in [0, 0.1) is 0 Å². The fraction of sp³-hybridized carbons (Fsp3) is 0.818. The van der Waals surface area contributed by atoms with Crippen molar-refractivity contribution < 1.29 is 0 Å². The summed E-state index contributed by atoms with van der Waals surface area (Å²) in [6.45, 7) is 5.52. The molecule has 0 spiro atoms. The first-order valence-electron chi connectivity index (χ1n) is 5.17. The van der Waals surface area contributed by atoms with E-state index in [1.54, 1.807) is 5.57 Å². The van der Waals surface area contributed by atoms with Gasteiger partial charge in [-0.15, -0.1) is 0 Å². The molecule has 0 aliphatic heterocycles. The van der Waals surface area contributed by atoms with Crippen molar-refractivity contribution in [2.24, 2.45) is 0 Å². The molecule has 0 saturated carbocycles. The molecular weight excluding hydrogens is 146 g/mol. The second-order valence-electron chi connectivity index (χ2n) is 3.26. The fourth-order valence-corrected chi connectivity index (χ4v) is 1.38. The molecule has 0 amide bonds. The van der Waals surface area contributed by atoms with E-state index in [1.165, 1.54) is 32.1 Å². The Hall–Kier alpha value is -0.300. The molecule has 12 heavy (non-hydrogen) atoms. The summed E-state index contributed by atoms with van der Waals surface area (Å²) in [5.74, 6) is 0. The zero-order chi connectivity index (χ0) is 9.23. The predicted molar refractivity (Wildman–Crippen MR) is 56.4 cm³/mol. The van der Waals surface area contributed by atoms with Gasteiger partial charge in [0.1, 0.15) is 0 Å². The van der Waals surface area contributed by atoms with Gasteiger partial charge in [-0.25, -0.2) is 0 Å². The predicted octanol–water partition coefficient (Wildman–Crippen LogP) is 3.12. The summed E-state index contributed by atoms with van der Waals surface area (Å²) in [7, 11) is 2.02. The Labute approximate surface area is 77.2 Å². The maximum absolute atomic E-state index is 3.21. The highest BCUT2D eigenvalue weighted by molar-refractivity contribution is 5.03. The molecule has 0 rings (SSSR count). The zero-order valence-corrected chi connectivity index (χ0v) is 8.82. The van der Waals surface area contributed by atoms with Gasteiger partial charge in [0.05, 0.1) is 0 Å². The first-order chi connectivity index (χ1) is 5.85. The fourth-order valence-electron chi connectivity index (χ4n) is 1.38. The second kappa shape index (κ2) is 8.79. The smallest absolute Gasteiger partial charge is 0.0161 e. The first-order valence-corrected chi connectivity index (χ1v) is 5.17. The number of hydrogen-bond acceptors (Lipinski definition) is 1. The van der Waals surface area contributed by atoms with E-state index in [0.717, 1.165) is 6.54 Å². The molecule has 1 heteroatoms. The normalized spacial score (nSPS) is 12.1. The van der Waals surface area contributed by atoms with E-state index in [2.05, 4.69) is 25.2 Å². The number of rotatable bonds is 7. The van der Waals surface area contributed by atoms with Gasteiger partial charge in [0.15, 0.2) is 0 Å². The van der Waals surface area contributed by atoms with Crippen molar-refractivity contribution in [3.8, 4) is 0 Å². The van der Waals surface area contributed by atoms with Gasteiger partial charge in [-0.05, 0) is 26.3 Å². The molecule has 1 nitrogen and oxygen atoms in total. The van der Waals surface area contributed by atoms with Crippen LogP contribution in [0.25, 0.3) is 0 Å². The Kier molecular flexibility index (Phi) is 8.57. The van der Waals surface area contributed by atoms with Crippen LogP contribution in [0.5, 0.6) is 0 Å². The summed E-state index contributed by atoms with van der Waals surface area (Å²) in [6.07, 6.45) is 8.84. The maximum Gasteiger partial charge on any atom is 0.0161 e. The van der Waals surface area contributed by atoms with Gasteiger partial charge in [0.2, 0.25) is 0 Å². The van der Waals surface area contributed by atoms with E-state index < -0.39 is 0 Å². The molecule has 72 valence electrons. The van der Waals surface area contributed by atoms with Crippen LogP contribution in [0.15, 0.2) is 11.6 Å². The minimum atomic E-state index is 1.07. The highest BCUT2D eigenvalue weighted by atomic mass is 14.8. The van der Waals surface area contributed by atoms with Crippen LogP contribution in [0.3, 0.4) is 0 Å². The molecule has 0 bridgehead atoms. The third-order valence-electron chi connectivity index (χ3n) is 2.00. The highest BCUT2D eigenvalue weighted by Gasteiger charge is 1.94. The SMILES string of the molecule is CC/C=C(\CCCCC)CNC. The van der Waals surface area contributed by atoms with E-state index in [1.807, 2.05) is 7.05 Å². The molecule has 0 aliphatic rings. The molecule has 0 aliphatic carbocycles. The van der Waals surface area contributed by atoms with E-state index in [0.29, 0.717) is 0 Å². The molecule has 0 radical (unpaired) electrons. The van der Waals surface area contributed by atoms with Crippen LogP contribution in [-0.2, 0) is 0 Å². The van der Waals surface area contributed by atoms with Crippen LogP contribution >= 0.6 is 0 Å². The van der Waals surface area contributed by atoms with Crippen molar-refractivity contribution in [3.05, 3.63) is 11.6 Å². The minimum absolute atomic E-state index is 1.07. The number of hydrogen-bond donors (Lipinski definition) is 1. The molecule has 1 N–H and O–H groups in total.